The van der Waals surface area contributed by atoms with Crippen LogP contribution in [0.3, 0.4) is 0 Å². The van der Waals surface area contributed by atoms with Crippen LogP contribution in [-0.4, -0.2) is 11.1 Å². The summed E-state index contributed by atoms with van der Waals surface area (Å²) in [6.07, 6.45) is 1.14. The third-order valence-electron chi connectivity index (χ3n) is 4.23. The Hall–Kier alpha value is -2.09. The zero-order valence-electron chi connectivity index (χ0n) is 11.8. The van der Waals surface area contributed by atoms with E-state index < -0.39 is 5.97 Å². The van der Waals surface area contributed by atoms with Crippen molar-refractivity contribution in [3.8, 4) is 11.1 Å². The molecule has 1 N–H and O–H groups in total. The second-order valence-corrected chi connectivity index (χ2v) is 5.46. The molecular weight excluding hydrogens is 248 g/mol. The van der Waals surface area contributed by atoms with E-state index in [0.717, 1.165) is 12.0 Å². The highest BCUT2D eigenvalue weighted by molar-refractivity contribution is 5.84. The van der Waals surface area contributed by atoms with Crippen LogP contribution in [0.2, 0.25) is 0 Å². The zero-order valence-corrected chi connectivity index (χ0v) is 11.8. The second kappa shape index (κ2) is 4.78. The van der Waals surface area contributed by atoms with E-state index >= 15 is 0 Å². The highest BCUT2D eigenvalue weighted by Crippen LogP contribution is 2.48. The summed E-state index contributed by atoms with van der Waals surface area (Å²) in [5, 5.41) is 9.22. The molecule has 2 aromatic rings. The monoisotopic (exact) mass is 266 g/mol. The van der Waals surface area contributed by atoms with Gasteiger partial charge in [0, 0.05) is 5.92 Å². The number of hydrogen-bond donors (Lipinski definition) is 1. The number of carboxylic acid groups (broad SMARTS) is 1. The highest BCUT2D eigenvalue weighted by Gasteiger charge is 2.31. The maximum atomic E-state index is 11.2. The topological polar surface area (TPSA) is 37.3 Å². The van der Waals surface area contributed by atoms with E-state index in [2.05, 4.69) is 44.2 Å². The first-order valence-electron chi connectivity index (χ1n) is 7.06. The fraction of sp³-hybridized carbons (Fsp3) is 0.278. The third kappa shape index (κ3) is 1.92. The summed E-state index contributed by atoms with van der Waals surface area (Å²) < 4.78 is 0. The number of aliphatic carboxylic acids is 1. The largest absolute Gasteiger partial charge is 0.481 e. The van der Waals surface area contributed by atoms with E-state index in [1.54, 1.807) is 0 Å². The van der Waals surface area contributed by atoms with E-state index in [0.29, 0.717) is 0 Å². The van der Waals surface area contributed by atoms with Crippen LogP contribution in [0.25, 0.3) is 11.1 Å². The Morgan fingerprint density at radius 1 is 1.20 bits per heavy atom. The third-order valence-corrected chi connectivity index (χ3v) is 4.23. The lowest BCUT2D eigenvalue weighted by molar-refractivity contribution is -0.137. The summed E-state index contributed by atoms with van der Waals surface area (Å²) in [5.41, 5.74) is 7.27. The van der Waals surface area contributed by atoms with Gasteiger partial charge in [0.05, 0.1) is 6.42 Å². The minimum Gasteiger partial charge on any atom is -0.481 e. The standard InChI is InChI=1S/C18H18O2/c1-3-12-7-8-14-15(9-12)16(10-17(19)20)13-6-4-5-11(2)18(13)14/h4-9,16H,3,10H2,1-2H3,(H,19,20). The van der Waals surface area contributed by atoms with Gasteiger partial charge in [-0.15, -0.1) is 0 Å². The van der Waals surface area contributed by atoms with Gasteiger partial charge in [-0.05, 0) is 46.7 Å². The van der Waals surface area contributed by atoms with Crippen molar-refractivity contribution in [2.45, 2.75) is 32.6 Å². The summed E-state index contributed by atoms with van der Waals surface area (Å²) in [6.45, 7) is 4.22. The Bertz CT molecular complexity index is 686. The predicted octanol–water partition coefficient (Wildman–Crippen LogP) is 4.14. The molecule has 0 saturated carbocycles. The van der Waals surface area contributed by atoms with E-state index in [1.165, 1.54) is 27.8 Å². The van der Waals surface area contributed by atoms with E-state index in [-0.39, 0.29) is 12.3 Å². The molecule has 2 heteroatoms. The molecule has 0 fully saturated rings. The van der Waals surface area contributed by atoms with Gasteiger partial charge >= 0.3 is 5.97 Å². The van der Waals surface area contributed by atoms with Crippen molar-refractivity contribution in [3.05, 3.63) is 58.7 Å². The lowest BCUT2D eigenvalue weighted by Crippen LogP contribution is -2.05. The van der Waals surface area contributed by atoms with Crippen molar-refractivity contribution in [1.29, 1.82) is 0 Å². The van der Waals surface area contributed by atoms with Crippen LogP contribution in [0.15, 0.2) is 36.4 Å². The number of carbonyl (C=O) groups is 1. The quantitative estimate of drug-likeness (QED) is 0.906. The van der Waals surface area contributed by atoms with E-state index in [4.69, 9.17) is 0 Å². The number of benzene rings is 2. The second-order valence-electron chi connectivity index (χ2n) is 5.46. The first-order valence-corrected chi connectivity index (χ1v) is 7.06. The van der Waals surface area contributed by atoms with Gasteiger partial charge in [-0.1, -0.05) is 43.3 Å². The normalized spacial score (nSPS) is 15.8. The Balaban J connectivity index is 2.23. The minimum atomic E-state index is -0.739. The van der Waals surface area contributed by atoms with Crippen molar-refractivity contribution in [3.63, 3.8) is 0 Å². The maximum Gasteiger partial charge on any atom is 0.304 e. The molecule has 20 heavy (non-hydrogen) atoms. The molecule has 0 aliphatic heterocycles. The van der Waals surface area contributed by atoms with Gasteiger partial charge in [-0.25, -0.2) is 0 Å². The molecule has 0 amide bonds. The molecule has 0 spiro atoms. The predicted molar refractivity (Wildman–Crippen MR) is 80.1 cm³/mol. The smallest absolute Gasteiger partial charge is 0.304 e. The van der Waals surface area contributed by atoms with Crippen molar-refractivity contribution in [2.24, 2.45) is 0 Å². The molecule has 2 aromatic carbocycles. The van der Waals surface area contributed by atoms with Gasteiger partial charge < -0.3 is 5.11 Å². The number of fused-ring (bicyclic) bond motifs is 3. The first-order chi connectivity index (χ1) is 9.61. The van der Waals surface area contributed by atoms with Crippen LogP contribution in [-0.2, 0) is 11.2 Å². The van der Waals surface area contributed by atoms with E-state index in [1.807, 2.05) is 6.07 Å². The maximum absolute atomic E-state index is 11.2. The minimum absolute atomic E-state index is 0.0103. The van der Waals surface area contributed by atoms with Crippen molar-refractivity contribution < 1.29 is 9.90 Å². The fourth-order valence-corrected chi connectivity index (χ4v) is 3.26. The lowest BCUT2D eigenvalue weighted by Gasteiger charge is -2.11. The fourth-order valence-electron chi connectivity index (χ4n) is 3.26. The molecule has 1 aliphatic carbocycles. The summed E-state index contributed by atoms with van der Waals surface area (Å²) in [6, 6.07) is 12.7. The average Bonchev–Trinajstić information content (AvgIpc) is 2.73. The number of hydrogen-bond acceptors (Lipinski definition) is 1. The molecule has 1 unspecified atom stereocenters. The Kier molecular flexibility index (Phi) is 3.09. The zero-order chi connectivity index (χ0) is 14.3. The Labute approximate surface area is 119 Å². The van der Waals surface area contributed by atoms with Crippen molar-refractivity contribution in [1.82, 2.24) is 0 Å². The summed E-state index contributed by atoms with van der Waals surface area (Å²) in [5.74, 6) is -0.749. The van der Waals surface area contributed by atoms with Gasteiger partial charge in [0.25, 0.3) is 0 Å². The van der Waals surface area contributed by atoms with Crippen LogP contribution >= 0.6 is 0 Å². The Morgan fingerprint density at radius 3 is 2.70 bits per heavy atom. The van der Waals surface area contributed by atoms with Crippen LogP contribution in [0.4, 0.5) is 0 Å². The molecule has 1 atom stereocenters. The van der Waals surface area contributed by atoms with Crippen LogP contribution in [0.1, 0.15) is 41.5 Å². The molecule has 1 aliphatic rings. The summed E-state index contributed by atoms with van der Waals surface area (Å²) in [4.78, 5) is 11.2. The first kappa shape index (κ1) is 12.9. The van der Waals surface area contributed by atoms with Gasteiger partial charge in [0.2, 0.25) is 0 Å². The van der Waals surface area contributed by atoms with Gasteiger partial charge in [0.15, 0.2) is 0 Å². The molecular formula is C18H18O2. The van der Waals surface area contributed by atoms with Crippen LogP contribution in [0.5, 0.6) is 0 Å². The summed E-state index contributed by atoms with van der Waals surface area (Å²) in [7, 11) is 0. The lowest BCUT2D eigenvalue weighted by atomic mass is 9.92. The molecule has 3 rings (SSSR count). The molecule has 0 aromatic heterocycles. The highest BCUT2D eigenvalue weighted by atomic mass is 16.4. The average molecular weight is 266 g/mol. The van der Waals surface area contributed by atoms with Crippen LogP contribution in [0, 0.1) is 6.92 Å². The SMILES string of the molecule is CCc1ccc2c(c1)C(CC(=O)O)c1cccc(C)c1-2. The summed E-state index contributed by atoms with van der Waals surface area (Å²) >= 11 is 0. The Morgan fingerprint density at radius 2 is 2.00 bits per heavy atom. The van der Waals surface area contributed by atoms with Crippen LogP contribution < -0.4 is 0 Å². The van der Waals surface area contributed by atoms with Gasteiger partial charge in [0.1, 0.15) is 0 Å². The number of carboxylic acids is 1. The van der Waals surface area contributed by atoms with E-state index in [9.17, 15) is 9.90 Å². The van der Waals surface area contributed by atoms with Crippen molar-refractivity contribution in [2.75, 3.05) is 0 Å². The molecule has 0 radical (unpaired) electrons. The molecule has 102 valence electrons. The molecule has 0 saturated heterocycles. The van der Waals surface area contributed by atoms with Gasteiger partial charge in [-0.3, -0.25) is 4.79 Å². The molecule has 0 bridgehead atoms. The molecule has 0 heterocycles. The van der Waals surface area contributed by atoms with Crippen molar-refractivity contribution >= 4 is 5.97 Å². The van der Waals surface area contributed by atoms with Gasteiger partial charge in [-0.2, -0.15) is 0 Å². The number of rotatable bonds is 3. The number of aryl methyl sites for hydroxylation is 2. The molecule has 2 nitrogen and oxygen atoms in total.